The number of para-hydroxylation sites is 1. The standard InChI is InChI=1S/C19H14BrN3O5/c20-14-9-11(8-13-17(25)22-19(27)23-18(13)26)6-7-15(14)28-10-16(24)21-12-4-2-1-3-5-12/h1-9H,10H2,(H,21,24)(H2,22,23,25,26,27). The van der Waals surface area contributed by atoms with Crippen LogP contribution in [-0.2, 0) is 14.4 Å². The smallest absolute Gasteiger partial charge is 0.328 e. The Morgan fingerprint density at radius 1 is 1.04 bits per heavy atom. The van der Waals surface area contributed by atoms with Gasteiger partial charge in [-0.1, -0.05) is 24.3 Å². The Kier molecular flexibility index (Phi) is 5.85. The first kappa shape index (κ1) is 19.3. The topological polar surface area (TPSA) is 114 Å². The third-order valence-electron chi connectivity index (χ3n) is 3.63. The first-order valence-corrected chi connectivity index (χ1v) is 8.87. The van der Waals surface area contributed by atoms with E-state index in [-0.39, 0.29) is 18.1 Å². The lowest BCUT2D eigenvalue weighted by molar-refractivity contribution is -0.124. The van der Waals surface area contributed by atoms with E-state index in [1.807, 2.05) is 28.8 Å². The summed E-state index contributed by atoms with van der Waals surface area (Å²) in [6, 6.07) is 13.0. The van der Waals surface area contributed by atoms with Gasteiger partial charge in [-0.3, -0.25) is 25.0 Å². The molecule has 0 aromatic heterocycles. The highest BCUT2D eigenvalue weighted by Crippen LogP contribution is 2.27. The molecule has 0 bridgehead atoms. The van der Waals surface area contributed by atoms with Crippen molar-refractivity contribution in [3.05, 3.63) is 64.1 Å². The minimum Gasteiger partial charge on any atom is -0.483 e. The summed E-state index contributed by atoms with van der Waals surface area (Å²) in [5.41, 5.74) is 1.00. The minimum absolute atomic E-state index is 0.192. The molecule has 3 rings (SSSR count). The van der Waals surface area contributed by atoms with Crippen molar-refractivity contribution in [2.24, 2.45) is 0 Å². The molecule has 1 aliphatic heterocycles. The Morgan fingerprint density at radius 3 is 2.36 bits per heavy atom. The van der Waals surface area contributed by atoms with Crippen LogP contribution in [0.2, 0.25) is 0 Å². The summed E-state index contributed by atoms with van der Waals surface area (Å²) in [5, 5.41) is 6.70. The molecule has 0 unspecified atom stereocenters. The van der Waals surface area contributed by atoms with E-state index in [9.17, 15) is 19.2 Å². The molecular weight excluding hydrogens is 430 g/mol. The summed E-state index contributed by atoms with van der Waals surface area (Å²) in [6.45, 7) is -0.194. The van der Waals surface area contributed by atoms with Crippen molar-refractivity contribution in [2.45, 2.75) is 0 Å². The summed E-state index contributed by atoms with van der Waals surface area (Å²) in [7, 11) is 0. The molecule has 0 aliphatic carbocycles. The number of ether oxygens (including phenoxy) is 1. The van der Waals surface area contributed by atoms with Crippen LogP contribution in [0.25, 0.3) is 6.08 Å². The Balaban J connectivity index is 1.65. The number of urea groups is 1. The van der Waals surface area contributed by atoms with Crippen molar-refractivity contribution < 1.29 is 23.9 Å². The number of carbonyl (C=O) groups excluding carboxylic acids is 4. The van der Waals surface area contributed by atoms with E-state index in [1.54, 1.807) is 30.3 Å². The number of anilines is 1. The van der Waals surface area contributed by atoms with Crippen LogP contribution in [0.15, 0.2) is 58.6 Å². The number of amides is 5. The summed E-state index contributed by atoms with van der Waals surface area (Å²) < 4.78 is 6.02. The monoisotopic (exact) mass is 443 g/mol. The highest BCUT2D eigenvalue weighted by molar-refractivity contribution is 9.10. The van der Waals surface area contributed by atoms with Crippen LogP contribution in [0.4, 0.5) is 10.5 Å². The van der Waals surface area contributed by atoms with Crippen molar-refractivity contribution >= 4 is 51.4 Å². The van der Waals surface area contributed by atoms with Crippen LogP contribution < -0.4 is 20.7 Å². The molecule has 0 radical (unpaired) electrons. The van der Waals surface area contributed by atoms with E-state index in [4.69, 9.17) is 4.74 Å². The molecule has 2 aromatic rings. The van der Waals surface area contributed by atoms with Gasteiger partial charge in [-0.2, -0.15) is 0 Å². The second-order valence-corrected chi connectivity index (χ2v) is 6.54. The molecule has 0 spiro atoms. The number of carbonyl (C=O) groups is 4. The zero-order valence-corrected chi connectivity index (χ0v) is 15.9. The zero-order chi connectivity index (χ0) is 20.1. The number of nitrogens with one attached hydrogen (secondary N) is 3. The maximum atomic E-state index is 11.9. The molecule has 28 heavy (non-hydrogen) atoms. The average molecular weight is 444 g/mol. The van der Waals surface area contributed by atoms with Gasteiger partial charge in [0, 0.05) is 5.69 Å². The fraction of sp³-hybridized carbons (Fsp3) is 0.0526. The molecule has 142 valence electrons. The molecule has 0 saturated carbocycles. The Morgan fingerprint density at radius 2 is 1.71 bits per heavy atom. The fourth-order valence-electron chi connectivity index (χ4n) is 2.36. The maximum absolute atomic E-state index is 11.9. The normalized spacial score (nSPS) is 13.5. The third-order valence-corrected chi connectivity index (χ3v) is 4.25. The summed E-state index contributed by atoms with van der Waals surface area (Å²) >= 11 is 3.33. The van der Waals surface area contributed by atoms with Crippen LogP contribution >= 0.6 is 15.9 Å². The fourth-order valence-corrected chi connectivity index (χ4v) is 2.87. The van der Waals surface area contributed by atoms with Crippen molar-refractivity contribution in [3.8, 4) is 5.75 Å². The molecule has 5 amide bonds. The number of hydrogen-bond donors (Lipinski definition) is 3. The Labute approximate surface area is 168 Å². The van der Waals surface area contributed by atoms with E-state index in [0.717, 1.165) is 0 Å². The first-order chi connectivity index (χ1) is 13.4. The van der Waals surface area contributed by atoms with Gasteiger partial charge in [0.1, 0.15) is 11.3 Å². The van der Waals surface area contributed by atoms with Gasteiger partial charge in [0.15, 0.2) is 6.61 Å². The van der Waals surface area contributed by atoms with Gasteiger partial charge < -0.3 is 10.1 Å². The average Bonchev–Trinajstić information content (AvgIpc) is 2.65. The minimum atomic E-state index is -0.856. The molecule has 3 N–H and O–H groups in total. The number of rotatable bonds is 5. The number of benzene rings is 2. The third kappa shape index (κ3) is 4.83. The first-order valence-electron chi connectivity index (χ1n) is 8.08. The van der Waals surface area contributed by atoms with Crippen LogP contribution in [0, 0.1) is 0 Å². The zero-order valence-electron chi connectivity index (χ0n) is 14.3. The summed E-state index contributed by atoms with van der Waals surface area (Å²) in [4.78, 5) is 46.5. The van der Waals surface area contributed by atoms with Gasteiger partial charge in [-0.25, -0.2) is 4.79 Å². The highest BCUT2D eigenvalue weighted by atomic mass is 79.9. The molecule has 9 heteroatoms. The largest absolute Gasteiger partial charge is 0.483 e. The van der Waals surface area contributed by atoms with Crippen molar-refractivity contribution in [1.82, 2.24) is 10.6 Å². The SMILES string of the molecule is O=C(COc1ccc(C=C2C(=O)NC(=O)NC2=O)cc1Br)Nc1ccccc1. The van der Waals surface area contributed by atoms with E-state index >= 15 is 0 Å². The number of barbiturate groups is 1. The lowest BCUT2D eigenvalue weighted by atomic mass is 10.1. The molecule has 8 nitrogen and oxygen atoms in total. The van der Waals surface area contributed by atoms with E-state index < -0.39 is 17.8 Å². The maximum Gasteiger partial charge on any atom is 0.328 e. The van der Waals surface area contributed by atoms with Crippen molar-refractivity contribution in [3.63, 3.8) is 0 Å². The lowest BCUT2D eigenvalue weighted by Gasteiger charge is -2.14. The van der Waals surface area contributed by atoms with Crippen molar-refractivity contribution in [2.75, 3.05) is 11.9 Å². The predicted molar refractivity (Wildman–Crippen MR) is 104 cm³/mol. The van der Waals surface area contributed by atoms with Gasteiger partial charge in [0.25, 0.3) is 17.7 Å². The van der Waals surface area contributed by atoms with Gasteiger partial charge in [-0.15, -0.1) is 0 Å². The van der Waals surface area contributed by atoms with E-state index in [0.29, 0.717) is 21.5 Å². The molecular formula is C19H14BrN3O5. The molecule has 0 atom stereocenters. The quantitative estimate of drug-likeness (QED) is 0.484. The van der Waals surface area contributed by atoms with Gasteiger partial charge in [0.05, 0.1) is 4.47 Å². The molecule has 1 saturated heterocycles. The lowest BCUT2D eigenvalue weighted by Crippen LogP contribution is -2.51. The second-order valence-electron chi connectivity index (χ2n) is 5.69. The van der Waals surface area contributed by atoms with Crippen LogP contribution in [0.3, 0.4) is 0 Å². The van der Waals surface area contributed by atoms with Gasteiger partial charge >= 0.3 is 6.03 Å². The van der Waals surface area contributed by atoms with E-state index in [2.05, 4.69) is 21.2 Å². The second kappa shape index (κ2) is 8.49. The number of imide groups is 2. The van der Waals surface area contributed by atoms with Crippen LogP contribution in [0.1, 0.15) is 5.56 Å². The molecule has 1 aliphatic rings. The van der Waals surface area contributed by atoms with E-state index in [1.165, 1.54) is 6.08 Å². The van der Waals surface area contributed by atoms with Gasteiger partial charge in [0.2, 0.25) is 0 Å². The van der Waals surface area contributed by atoms with Crippen LogP contribution in [0.5, 0.6) is 5.75 Å². The Bertz CT molecular complexity index is 966. The number of hydrogen-bond acceptors (Lipinski definition) is 5. The molecule has 1 fully saturated rings. The summed E-state index contributed by atoms with van der Waals surface area (Å²) in [6.07, 6.45) is 1.34. The highest BCUT2D eigenvalue weighted by Gasteiger charge is 2.27. The van der Waals surface area contributed by atoms with Gasteiger partial charge in [-0.05, 0) is 51.8 Å². The van der Waals surface area contributed by atoms with Crippen molar-refractivity contribution in [1.29, 1.82) is 0 Å². The number of halogens is 1. The molecule has 2 aromatic carbocycles. The molecule has 1 heterocycles. The Hall–Kier alpha value is -3.46. The van der Waals surface area contributed by atoms with Crippen LogP contribution in [-0.4, -0.2) is 30.4 Å². The summed E-state index contributed by atoms with van der Waals surface area (Å²) in [5.74, 6) is -1.45. The predicted octanol–water partition coefficient (Wildman–Crippen LogP) is 2.22.